The molecule has 0 atom stereocenters. The Kier molecular flexibility index (Phi) is 4.69. The Balaban J connectivity index is 1.64. The third-order valence-corrected chi connectivity index (χ3v) is 6.45. The maximum Gasteiger partial charge on any atom is 0.220 e. The van der Waals surface area contributed by atoms with Gasteiger partial charge in [-0.2, -0.15) is 4.31 Å². The zero-order valence-electron chi connectivity index (χ0n) is 12.6. The second-order valence-electron chi connectivity index (χ2n) is 5.42. The summed E-state index contributed by atoms with van der Waals surface area (Å²) in [6.45, 7) is 4.13. The van der Waals surface area contributed by atoms with E-state index in [1.807, 2.05) is 13.0 Å². The number of piperazine rings is 1. The number of aryl methyl sites for hydroxylation is 1. The van der Waals surface area contributed by atoms with Crippen LogP contribution in [-0.2, 0) is 15.8 Å². The predicted octanol–water partition coefficient (Wildman–Crippen LogP) is 1.79. The molecule has 3 rings (SSSR count). The molecule has 0 unspecified atom stereocenters. The Bertz CT molecular complexity index is 771. The van der Waals surface area contributed by atoms with Crippen molar-refractivity contribution in [3.8, 4) is 0 Å². The molecule has 0 aromatic carbocycles. The van der Waals surface area contributed by atoms with E-state index in [2.05, 4.69) is 31.0 Å². The smallest absolute Gasteiger partial charge is 0.220 e. The summed E-state index contributed by atoms with van der Waals surface area (Å²) in [6, 6.07) is 3.58. The van der Waals surface area contributed by atoms with Crippen molar-refractivity contribution in [2.24, 2.45) is 0 Å². The van der Waals surface area contributed by atoms with Crippen molar-refractivity contribution in [2.75, 3.05) is 31.1 Å². The van der Waals surface area contributed by atoms with E-state index in [4.69, 9.17) is 4.52 Å². The molecule has 23 heavy (non-hydrogen) atoms. The lowest BCUT2D eigenvalue weighted by atomic mass is 10.2. The van der Waals surface area contributed by atoms with Crippen molar-refractivity contribution in [3.63, 3.8) is 0 Å². The Morgan fingerprint density at radius 2 is 2.04 bits per heavy atom. The first-order chi connectivity index (χ1) is 11.0. The Labute approximate surface area is 143 Å². The maximum absolute atomic E-state index is 12.4. The highest BCUT2D eigenvalue weighted by Gasteiger charge is 2.28. The molecule has 0 aliphatic carbocycles. The van der Waals surface area contributed by atoms with E-state index in [-0.39, 0.29) is 5.75 Å². The topological polar surface area (TPSA) is 79.5 Å². The van der Waals surface area contributed by atoms with Gasteiger partial charge in [-0.05, 0) is 34.5 Å². The minimum atomic E-state index is -3.37. The van der Waals surface area contributed by atoms with Gasteiger partial charge in [0.1, 0.15) is 17.8 Å². The van der Waals surface area contributed by atoms with E-state index in [0.717, 1.165) is 15.9 Å². The number of halogens is 1. The lowest BCUT2D eigenvalue weighted by Crippen LogP contribution is -2.49. The van der Waals surface area contributed by atoms with Gasteiger partial charge in [-0.25, -0.2) is 13.4 Å². The second kappa shape index (κ2) is 6.58. The molecule has 2 aromatic rings. The molecular weight excluding hydrogens is 384 g/mol. The van der Waals surface area contributed by atoms with Gasteiger partial charge in [0.2, 0.25) is 10.0 Å². The number of nitrogens with zero attached hydrogens (tertiary/aromatic N) is 4. The van der Waals surface area contributed by atoms with Crippen LogP contribution in [0.5, 0.6) is 0 Å². The summed E-state index contributed by atoms with van der Waals surface area (Å²) in [5.74, 6) is 0.748. The summed E-state index contributed by atoms with van der Waals surface area (Å²) in [4.78, 5) is 6.50. The van der Waals surface area contributed by atoms with Crippen LogP contribution in [0.25, 0.3) is 0 Å². The van der Waals surface area contributed by atoms with Crippen molar-refractivity contribution < 1.29 is 12.9 Å². The average molecular weight is 401 g/mol. The third-order valence-electron chi connectivity index (χ3n) is 3.81. The summed E-state index contributed by atoms with van der Waals surface area (Å²) >= 11 is 3.44. The fourth-order valence-corrected chi connectivity index (χ4v) is 4.12. The zero-order valence-corrected chi connectivity index (χ0v) is 15.0. The van der Waals surface area contributed by atoms with Crippen molar-refractivity contribution in [2.45, 2.75) is 12.7 Å². The molecule has 3 heterocycles. The summed E-state index contributed by atoms with van der Waals surface area (Å²) in [7, 11) is -3.37. The van der Waals surface area contributed by atoms with Gasteiger partial charge in [-0.3, -0.25) is 0 Å². The van der Waals surface area contributed by atoms with Crippen molar-refractivity contribution in [1.82, 2.24) is 14.4 Å². The third kappa shape index (κ3) is 3.73. The fourth-order valence-electron chi connectivity index (χ4n) is 2.48. The molecule has 0 bridgehead atoms. The van der Waals surface area contributed by atoms with Gasteiger partial charge in [-0.15, -0.1) is 0 Å². The van der Waals surface area contributed by atoms with E-state index in [1.54, 1.807) is 12.3 Å². The molecule has 2 aromatic heterocycles. The lowest BCUT2D eigenvalue weighted by molar-refractivity contribution is 0.380. The molecule has 0 amide bonds. The van der Waals surface area contributed by atoms with Crippen LogP contribution in [0.3, 0.4) is 0 Å². The number of sulfonamides is 1. The van der Waals surface area contributed by atoms with Crippen LogP contribution in [-0.4, -0.2) is 49.0 Å². The van der Waals surface area contributed by atoms with Crippen molar-refractivity contribution in [1.29, 1.82) is 0 Å². The SMILES string of the molecule is Cc1cc(N2CCN(S(=O)(=O)Cc3ccon3)CC2)ncc1Br. The monoisotopic (exact) mass is 400 g/mol. The summed E-state index contributed by atoms with van der Waals surface area (Å²) in [5, 5.41) is 3.67. The van der Waals surface area contributed by atoms with Gasteiger partial charge in [0.15, 0.2) is 0 Å². The standard InChI is InChI=1S/C14H17BrN4O3S/c1-11-8-14(16-9-13(11)15)18-3-5-19(6-4-18)23(20,21)10-12-2-7-22-17-12/h2,7-9H,3-6,10H2,1H3. The number of aromatic nitrogens is 2. The zero-order chi connectivity index (χ0) is 16.4. The van der Waals surface area contributed by atoms with Crippen LogP contribution < -0.4 is 4.90 Å². The van der Waals surface area contributed by atoms with Crippen LogP contribution in [0.4, 0.5) is 5.82 Å². The molecule has 1 aliphatic heterocycles. The van der Waals surface area contributed by atoms with Crippen LogP contribution in [0.15, 0.2) is 33.6 Å². The molecule has 0 N–H and O–H groups in total. The van der Waals surface area contributed by atoms with E-state index in [0.29, 0.717) is 31.9 Å². The first-order valence-electron chi connectivity index (χ1n) is 7.20. The van der Waals surface area contributed by atoms with Crippen molar-refractivity contribution in [3.05, 3.63) is 40.3 Å². The molecule has 124 valence electrons. The number of hydrogen-bond donors (Lipinski definition) is 0. The number of hydrogen-bond acceptors (Lipinski definition) is 6. The van der Waals surface area contributed by atoms with Crippen LogP contribution >= 0.6 is 15.9 Å². The molecule has 0 spiro atoms. The van der Waals surface area contributed by atoms with Crippen LogP contribution in [0, 0.1) is 6.92 Å². The van der Waals surface area contributed by atoms with E-state index in [1.165, 1.54) is 10.6 Å². The highest BCUT2D eigenvalue weighted by atomic mass is 79.9. The fraction of sp³-hybridized carbons (Fsp3) is 0.429. The molecule has 1 saturated heterocycles. The molecule has 0 radical (unpaired) electrons. The summed E-state index contributed by atoms with van der Waals surface area (Å²) in [6.07, 6.45) is 3.16. The molecule has 0 saturated carbocycles. The second-order valence-corrected chi connectivity index (χ2v) is 8.25. The molecular formula is C14H17BrN4O3S. The van der Waals surface area contributed by atoms with Crippen LogP contribution in [0.2, 0.25) is 0 Å². The van der Waals surface area contributed by atoms with Crippen molar-refractivity contribution >= 4 is 31.8 Å². The molecule has 1 fully saturated rings. The normalized spacial score (nSPS) is 16.7. The lowest BCUT2D eigenvalue weighted by Gasteiger charge is -2.34. The van der Waals surface area contributed by atoms with Gasteiger partial charge >= 0.3 is 0 Å². The van der Waals surface area contributed by atoms with Gasteiger partial charge in [-0.1, -0.05) is 5.16 Å². The summed E-state index contributed by atoms with van der Waals surface area (Å²) < 4.78 is 32.0. The first kappa shape index (κ1) is 16.4. The maximum atomic E-state index is 12.4. The predicted molar refractivity (Wildman–Crippen MR) is 89.6 cm³/mol. The molecule has 7 nitrogen and oxygen atoms in total. The summed E-state index contributed by atoms with van der Waals surface area (Å²) in [5.41, 5.74) is 1.54. The minimum Gasteiger partial charge on any atom is -0.364 e. The number of rotatable bonds is 4. The molecule has 9 heteroatoms. The Hall–Kier alpha value is -1.45. The first-order valence-corrected chi connectivity index (χ1v) is 9.60. The quantitative estimate of drug-likeness (QED) is 0.778. The number of pyridine rings is 1. The average Bonchev–Trinajstić information content (AvgIpc) is 3.02. The van der Waals surface area contributed by atoms with Gasteiger partial charge < -0.3 is 9.42 Å². The van der Waals surface area contributed by atoms with E-state index in [9.17, 15) is 8.42 Å². The number of anilines is 1. The van der Waals surface area contributed by atoms with E-state index >= 15 is 0 Å². The van der Waals surface area contributed by atoms with Crippen LogP contribution in [0.1, 0.15) is 11.3 Å². The van der Waals surface area contributed by atoms with Gasteiger partial charge in [0, 0.05) is 42.9 Å². The minimum absolute atomic E-state index is 0.126. The molecule has 1 aliphatic rings. The largest absolute Gasteiger partial charge is 0.364 e. The Morgan fingerprint density at radius 1 is 1.30 bits per heavy atom. The van der Waals surface area contributed by atoms with Gasteiger partial charge in [0.25, 0.3) is 0 Å². The highest BCUT2D eigenvalue weighted by molar-refractivity contribution is 9.10. The van der Waals surface area contributed by atoms with E-state index < -0.39 is 10.0 Å². The van der Waals surface area contributed by atoms with Gasteiger partial charge in [0.05, 0.1) is 5.69 Å². The highest BCUT2D eigenvalue weighted by Crippen LogP contribution is 2.22. The Morgan fingerprint density at radius 3 is 2.65 bits per heavy atom.